The summed E-state index contributed by atoms with van der Waals surface area (Å²) in [7, 11) is 0. The van der Waals surface area contributed by atoms with Gasteiger partial charge in [0.2, 0.25) is 0 Å². The lowest BCUT2D eigenvalue weighted by atomic mass is 10.1. The van der Waals surface area contributed by atoms with E-state index in [-0.39, 0.29) is 6.42 Å². The van der Waals surface area contributed by atoms with E-state index in [1.807, 2.05) is 6.92 Å². The second-order valence-electron chi connectivity index (χ2n) is 3.13. The third-order valence-corrected chi connectivity index (χ3v) is 1.88. The van der Waals surface area contributed by atoms with Crippen LogP contribution in [0.15, 0.2) is 34.9 Å². The SMILES string of the molecule is C=C(Br)/C=C(\C=C/C)CCCC(F)(F)F. The van der Waals surface area contributed by atoms with Gasteiger partial charge in [0, 0.05) is 10.9 Å². The standard InChI is InChI=1S/C11H14BrF3/c1-3-5-10(8-9(2)12)6-4-7-11(13,14)15/h3,5,8H,2,4,6-7H2,1H3/b5-3-,10-8+. The van der Waals surface area contributed by atoms with E-state index in [1.165, 1.54) is 0 Å². The third kappa shape index (κ3) is 9.79. The fourth-order valence-corrected chi connectivity index (χ4v) is 1.41. The molecule has 0 spiro atoms. The van der Waals surface area contributed by atoms with Gasteiger partial charge in [0.25, 0.3) is 0 Å². The smallest absolute Gasteiger partial charge is 0.171 e. The van der Waals surface area contributed by atoms with Gasteiger partial charge in [0.1, 0.15) is 0 Å². The molecular weight excluding hydrogens is 269 g/mol. The third-order valence-electron chi connectivity index (χ3n) is 1.65. The summed E-state index contributed by atoms with van der Waals surface area (Å²) in [6.45, 7) is 5.45. The van der Waals surface area contributed by atoms with Crippen molar-refractivity contribution in [2.45, 2.75) is 32.4 Å². The molecule has 0 aromatic heterocycles. The first-order chi connectivity index (χ1) is 6.85. The van der Waals surface area contributed by atoms with Gasteiger partial charge in [-0.15, -0.1) is 0 Å². The van der Waals surface area contributed by atoms with Gasteiger partial charge in [-0.2, -0.15) is 13.2 Å². The Balaban J connectivity index is 4.15. The summed E-state index contributed by atoms with van der Waals surface area (Å²) >= 11 is 3.15. The van der Waals surface area contributed by atoms with Gasteiger partial charge in [-0.3, -0.25) is 0 Å². The van der Waals surface area contributed by atoms with Crippen molar-refractivity contribution in [1.29, 1.82) is 0 Å². The van der Waals surface area contributed by atoms with Crippen LogP contribution in [-0.4, -0.2) is 6.18 Å². The number of alkyl halides is 3. The highest BCUT2D eigenvalue weighted by atomic mass is 79.9. The quantitative estimate of drug-likeness (QED) is 0.613. The molecule has 0 unspecified atom stereocenters. The van der Waals surface area contributed by atoms with Crippen LogP contribution in [0.4, 0.5) is 13.2 Å². The zero-order valence-corrected chi connectivity index (χ0v) is 10.2. The molecule has 0 bridgehead atoms. The van der Waals surface area contributed by atoms with Gasteiger partial charge in [0.05, 0.1) is 0 Å². The molecule has 0 rings (SSSR count). The Bertz CT molecular complexity index is 261. The Kier molecular flexibility index (Phi) is 6.65. The first-order valence-electron chi connectivity index (χ1n) is 4.59. The summed E-state index contributed by atoms with van der Waals surface area (Å²) in [6, 6.07) is 0. The summed E-state index contributed by atoms with van der Waals surface area (Å²) < 4.78 is 36.3. The average molecular weight is 283 g/mol. The van der Waals surface area contributed by atoms with Crippen molar-refractivity contribution in [2.75, 3.05) is 0 Å². The molecule has 0 saturated carbocycles. The van der Waals surface area contributed by atoms with Crippen molar-refractivity contribution in [1.82, 2.24) is 0 Å². The minimum atomic E-state index is -4.06. The molecule has 0 saturated heterocycles. The number of halogens is 4. The van der Waals surface area contributed by atoms with Crippen LogP contribution in [0.5, 0.6) is 0 Å². The Hall–Kier alpha value is -0.510. The lowest BCUT2D eigenvalue weighted by Crippen LogP contribution is -2.06. The molecule has 15 heavy (non-hydrogen) atoms. The minimum Gasteiger partial charge on any atom is -0.171 e. The van der Waals surface area contributed by atoms with Crippen LogP contribution < -0.4 is 0 Å². The normalized spacial score (nSPS) is 13.5. The molecule has 0 aromatic carbocycles. The Morgan fingerprint density at radius 3 is 2.40 bits per heavy atom. The maximum atomic E-state index is 11.9. The highest BCUT2D eigenvalue weighted by Gasteiger charge is 2.25. The molecule has 0 fully saturated rings. The fraction of sp³-hybridized carbons (Fsp3) is 0.455. The van der Waals surface area contributed by atoms with Crippen LogP contribution in [0.1, 0.15) is 26.2 Å². The Labute approximate surface area is 96.7 Å². The zero-order valence-electron chi connectivity index (χ0n) is 8.57. The van der Waals surface area contributed by atoms with Gasteiger partial charge in [-0.25, -0.2) is 0 Å². The minimum absolute atomic E-state index is 0.111. The van der Waals surface area contributed by atoms with E-state index in [0.29, 0.717) is 10.9 Å². The predicted molar refractivity (Wildman–Crippen MR) is 60.9 cm³/mol. The molecule has 0 amide bonds. The Morgan fingerprint density at radius 2 is 2.00 bits per heavy atom. The van der Waals surface area contributed by atoms with E-state index in [4.69, 9.17) is 0 Å². The topological polar surface area (TPSA) is 0 Å². The average Bonchev–Trinajstić information content (AvgIpc) is 2.00. The van der Waals surface area contributed by atoms with Crippen molar-refractivity contribution in [3.05, 3.63) is 34.9 Å². The van der Waals surface area contributed by atoms with Gasteiger partial charge in [0.15, 0.2) is 0 Å². The van der Waals surface area contributed by atoms with E-state index in [1.54, 1.807) is 18.2 Å². The number of allylic oxidation sites excluding steroid dienone is 5. The largest absolute Gasteiger partial charge is 0.389 e. The highest BCUT2D eigenvalue weighted by molar-refractivity contribution is 9.11. The fourth-order valence-electron chi connectivity index (χ4n) is 1.11. The van der Waals surface area contributed by atoms with Gasteiger partial charge in [-0.1, -0.05) is 34.7 Å². The first-order valence-corrected chi connectivity index (χ1v) is 5.39. The monoisotopic (exact) mass is 282 g/mol. The van der Waals surface area contributed by atoms with Crippen molar-refractivity contribution in [3.63, 3.8) is 0 Å². The summed E-state index contributed by atoms with van der Waals surface area (Å²) in [5.41, 5.74) is 0.851. The second kappa shape index (κ2) is 6.88. The molecule has 86 valence electrons. The van der Waals surface area contributed by atoms with E-state index in [0.717, 1.165) is 5.57 Å². The van der Waals surface area contributed by atoms with E-state index in [2.05, 4.69) is 22.5 Å². The van der Waals surface area contributed by atoms with Crippen LogP contribution in [0.3, 0.4) is 0 Å². The van der Waals surface area contributed by atoms with Gasteiger partial charge in [-0.05, 0) is 31.4 Å². The van der Waals surface area contributed by atoms with Crippen molar-refractivity contribution >= 4 is 15.9 Å². The van der Waals surface area contributed by atoms with E-state index < -0.39 is 12.6 Å². The molecule has 4 heteroatoms. The molecule has 0 aliphatic carbocycles. The van der Waals surface area contributed by atoms with Gasteiger partial charge >= 0.3 is 6.18 Å². The van der Waals surface area contributed by atoms with Crippen LogP contribution >= 0.6 is 15.9 Å². The molecule has 0 radical (unpaired) electrons. The van der Waals surface area contributed by atoms with Gasteiger partial charge < -0.3 is 0 Å². The van der Waals surface area contributed by atoms with Crippen molar-refractivity contribution in [3.8, 4) is 0 Å². The molecule has 0 aromatic rings. The van der Waals surface area contributed by atoms with Crippen molar-refractivity contribution < 1.29 is 13.2 Å². The van der Waals surface area contributed by atoms with Crippen LogP contribution in [0.25, 0.3) is 0 Å². The second-order valence-corrected chi connectivity index (χ2v) is 4.15. The molecular formula is C11H14BrF3. The van der Waals surface area contributed by atoms with E-state index in [9.17, 15) is 13.2 Å². The summed E-state index contributed by atoms with van der Waals surface area (Å²) in [6.07, 6.45) is 1.05. The molecule has 0 aliphatic heterocycles. The first kappa shape index (κ1) is 14.5. The highest BCUT2D eigenvalue weighted by Crippen LogP contribution is 2.24. The van der Waals surface area contributed by atoms with Crippen LogP contribution in [0, 0.1) is 0 Å². The predicted octanol–water partition coefficient (Wildman–Crippen LogP) is 5.13. The van der Waals surface area contributed by atoms with Crippen LogP contribution in [-0.2, 0) is 0 Å². The van der Waals surface area contributed by atoms with Crippen LogP contribution in [0.2, 0.25) is 0 Å². The maximum absolute atomic E-state index is 11.9. The number of hydrogen-bond donors (Lipinski definition) is 0. The summed E-state index contributed by atoms with van der Waals surface area (Å²) in [5.74, 6) is 0. The summed E-state index contributed by atoms with van der Waals surface area (Å²) in [4.78, 5) is 0. The maximum Gasteiger partial charge on any atom is 0.389 e. The van der Waals surface area contributed by atoms with Crippen molar-refractivity contribution in [2.24, 2.45) is 0 Å². The molecule has 0 aliphatic rings. The Morgan fingerprint density at radius 1 is 1.40 bits per heavy atom. The lowest BCUT2D eigenvalue weighted by molar-refractivity contribution is -0.135. The molecule has 0 heterocycles. The summed E-state index contributed by atoms with van der Waals surface area (Å²) in [5, 5.41) is 0. The number of hydrogen-bond acceptors (Lipinski definition) is 0. The number of rotatable bonds is 5. The molecule has 0 nitrogen and oxygen atoms in total. The van der Waals surface area contributed by atoms with E-state index >= 15 is 0 Å². The lowest BCUT2D eigenvalue weighted by Gasteiger charge is -2.06. The zero-order chi connectivity index (χ0) is 11.9. The molecule has 0 N–H and O–H groups in total. The molecule has 0 atom stereocenters.